The Morgan fingerprint density at radius 3 is 2.17 bits per heavy atom. The summed E-state index contributed by atoms with van der Waals surface area (Å²) < 4.78 is 11.3. The number of fused-ring (bicyclic) bond motifs is 1. The summed E-state index contributed by atoms with van der Waals surface area (Å²) in [6, 6.07) is 8.37. The minimum Gasteiger partial charge on any atom is -0.497 e. The summed E-state index contributed by atoms with van der Waals surface area (Å²) in [4.78, 5) is 28.5. The van der Waals surface area contributed by atoms with Crippen LogP contribution in [0.15, 0.2) is 30.3 Å². The van der Waals surface area contributed by atoms with E-state index in [0.29, 0.717) is 34.4 Å². The Hall–Kier alpha value is -3.33. The molecule has 0 atom stereocenters. The van der Waals surface area contributed by atoms with Crippen molar-refractivity contribution in [1.82, 2.24) is 4.98 Å². The van der Waals surface area contributed by atoms with Crippen LogP contribution in [0.25, 0.3) is 10.2 Å². The molecule has 0 radical (unpaired) electrons. The Labute approximate surface area is 172 Å². The van der Waals surface area contributed by atoms with Crippen molar-refractivity contribution in [3.63, 3.8) is 0 Å². The van der Waals surface area contributed by atoms with Crippen LogP contribution < -0.4 is 25.4 Å². The highest BCUT2D eigenvalue weighted by molar-refractivity contribution is 7.22. The van der Waals surface area contributed by atoms with E-state index < -0.39 is 6.03 Å². The van der Waals surface area contributed by atoms with Crippen LogP contribution in [0.2, 0.25) is 0 Å². The van der Waals surface area contributed by atoms with E-state index in [1.165, 1.54) is 11.3 Å². The van der Waals surface area contributed by atoms with Crippen molar-refractivity contribution in [2.75, 3.05) is 30.2 Å². The monoisotopic (exact) mass is 414 g/mol. The van der Waals surface area contributed by atoms with Gasteiger partial charge in [-0.25, -0.2) is 9.78 Å². The molecule has 29 heavy (non-hydrogen) atoms. The number of aromatic nitrogens is 1. The molecule has 0 saturated carbocycles. The molecule has 0 aliphatic carbocycles. The van der Waals surface area contributed by atoms with Gasteiger partial charge in [-0.2, -0.15) is 0 Å². The zero-order valence-electron chi connectivity index (χ0n) is 16.6. The Balaban J connectivity index is 1.77. The molecule has 9 heteroatoms. The molecule has 0 spiro atoms. The molecule has 0 bridgehead atoms. The Morgan fingerprint density at radius 2 is 1.59 bits per heavy atom. The van der Waals surface area contributed by atoms with Gasteiger partial charge < -0.3 is 25.4 Å². The predicted octanol–water partition coefficient (Wildman–Crippen LogP) is 4.61. The number of urea groups is 1. The summed E-state index contributed by atoms with van der Waals surface area (Å²) in [6.07, 6.45) is 0.386. The fourth-order valence-corrected chi connectivity index (χ4v) is 3.70. The van der Waals surface area contributed by atoms with Crippen LogP contribution in [-0.2, 0) is 4.79 Å². The van der Waals surface area contributed by atoms with E-state index in [1.807, 2.05) is 19.1 Å². The van der Waals surface area contributed by atoms with Crippen LogP contribution in [0.5, 0.6) is 11.5 Å². The molecule has 1 heterocycles. The minimum atomic E-state index is -0.400. The number of ether oxygens (including phenoxy) is 2. The zero-order chi connectivity index (χ0) is 21.0. The van der Waals surface area contributed by atoms with Crippen molar-refractivity contribution in [2.24, 2.45) is 0 Å². The molecule has 0 aliphatic heterocycles. The average Bonchev–Trinajstić information content (AvgIpc) is 3.10. The number of thiazole rings is 1. The van der Waals surface area contributed by atoms with Crippen LogP contribution in [0.4, 0.5) is 21.3 Å². The van der Waals surface area contributed by atoms with Gasteiger partial charge in [-0.1, -0.05) is 18.3 Å². The van der Waals surface area contributed by atoms with Gasteiger partial charge in [0, 0.05) is 36.0 Å². The maximum atomic E-state index is 12.4. The third kappa shape index (κ3) is 4.94. The second-order valence-electron chi connectivity index (χ2n) is 6.24. The topological polar surface area (TPSA) is 102 Å². The predicted molar refractivity (Wildman–Crippen MR) is 115 cm³/mol. The average molecular weight is 414 g/mol. The molecule has 3 amide bonds. The fourth-order valence-electron chi connectivity index (χ4n) is 2.70. The van der Waals surface area contributed by atoms with Crippen molar-refractivity contribution in [2.45, 2.75) is 20.3 Å². The summed E-state index contributed by atoms with van der Waals surface area (Å²) in [7, 11) is 3.09. The van der Waals surface area contributed by atoms with Crippen molar-refractivity contribution < 1.29 is 19.1 Å². The third-order valence-electron chi connectivity index (χ3n) is 4.12. The minimum absolute atomic E-state index is 0.0897. The molecule has 0 saturated heterocycles. The van der Waals surface area contributed by atoms with E-state index in [-0.39, 0.29) is 5.91 Å². The smallest absolute Gasteiger partial charge is 0.323 e. The van der Waals surface area contributed by atoms with E-state index in [2.05, 4.69) is 20.9 Å². The number of carbonyl (C=O) groups excluding carboxylic acids is 2. The highest BCUT2D eigenvalue weighted by Gasteiger charge is 2.12. The number of aryl methyl sites for hydroxylation is 1. The Bertz CT molecular complexity index is 1040. The van der Waals surface area contributed by atoms with Crippen molar-refractivity contribution in [1.29, 1.82) is 0 Å². The number of hydrogen-bond acceptors (Lipinski definition) is 6. The van der Waals surface area contributed by atoms with Crippen molar-refractivity contribution in [3.8, 4) is 11.5 Å². The van der Waals surface area contributed by atoms with Gasteiger partial charge in [-0.3, -0.25) is 4.79 Å². The van der Waals surface area contributed by atoms with Gasteiger partial charge >= 0.3 is 6.03 Å². The molecule has 3 aromatic rings. The molecule has 0 unspecified atom stereocenters. The number of amides is 3. The van der Waals surface area contributed by atoms with Gasteiger partial charge in [0.2, 0.25) is 5.91 Å². The van der Waals surface area contributed by atoms with Gasteiger partial charge in [0.25, 0.3) is 0 Å². The summed E-state index contributed by atoms with van der Waals surface area (Å²) in [5.41, 5.74) is 2.86. The number of methoxy groups -OCH3 is 2. The molecule has 2 aromatic carbocycles. The summed E-state index contributed by atoms with van der Waals surface area (Å²) in [6.45, 7) is 3.69. The van der Waals surface area contributed by atoms with Gasteiger partial charge in [0.1, 0.15) is 11.5 Å². The highest BCUT2D eigenvalue weighted by atomic mass is 32.1. The van der Waals surface area contributed by atoms with Crippen molar-refractivity contribution in [3.05, 3.63) is 35.9 Å². The van der Waals surface area contributed by atoms with E-state index >= 15 is 0 Å². The van der Waals surface area contributed by atoms with Gasteiger partial charge in [-0.15, -0.1) is 0 Å². The standard InChI is InChI=1S/C20H22N4O4S/c1-5-17(25)23-20-24-18-11(2)6-12(9-16(18)29-20)21-19(26)22-13-7-14(27-3)10-15(8-13)28-4/h6-10H,5H2,1-4H3,(H2,21,22,26)(H,23,24,25). The maximum absolute atomic E-state index is 12.4. The second-order valence-corrected chi connectivity index (χ2v) is 7.27. The summed E-state index contributed by atoms with van der Waals surface area (Å²) in [5.74, 6) is 1.06. The highest BCUT2D eigenvalue weighted by Crippen LogP contribution is 2.31. The van der Waals surface area contributed by atoms with Gasteiger partial charge in [0.15, 0.2) is 5.13 Å². The van der Waals surface area contributed by atoms with Crippen LogP contribution in [0.1, 0.15) is 18.9 Å². The SMILES string of the molecule is CCC(=O)Nc1nc2c(C)cc(NC(=O)Nc3cc(OC)cc(OC)c3)cc2s1. The number of nitrogens with one attached hydrogen (secondary N) is 3. The van der Waals surface area contributed by atoms with E-state index in [9.17, 15) is 9.59 Å². The first-order chi connectivity index (χ1) is 13.9. The lowest BCUT2D eigenvalue weighted by atomic mass is 10.2. The molecule has 3 rings (SSSR count). The molecule has 0 aliphatic rings. The first-order valence-corrected chi connectivity index (χ1v) is 9.75. The lowest BCUT2D eigenvalue weighted by molar-refractivity contribution is -0.115. The van der Waals surface area contributed by atoms with Crippen LogP contribution >= 0.6 is 11.3 Å². The second kappa shape index (κ2) is 8.78. The van der Waals surface area contributed by atoms with Crippen molar-refractivity contribution >= 4 is 50.0 Å². The van der Waals surface area contributed by atoms with Crippen LogP contribution in [0, 0.1) is 6.92 Å². The molecular formula is C20H22N4O4S. The number of benzene rings is 2. The van der Waals surface area contributed by atoms with Gasteiger partial charge in [0.05, 0.1) is 24.4 Å². The third-order valence-corrected chi connectivity index (χ3v) is 5.04. The Morgan fingerprint density at radius 1 is 0.966 bits per heavy atom. The Kier molecular flexibility index (Phi) is 6.18. The zero-order valence-corrected chi connectivity index (χ0v) is 17.4. The first kappa shape index (κ1) is 20.4. The lowest BCUT2D eigenvalue weighted by Crippen LogP contribution is -2.19. The maximum Gasteiger partial charge on any atom is 0.323 e. The number of nitrogens with zero attached hydrogens (tertiary/aromatic N) is 1. The molecule has 1 aromatic heterocycles. The largest absolute Gasteiger partial charge is 0.497 e. The van der Waals surface area contributed by atoms with Gasteiger partial charge in [-0.05, 0) is 24.6 Å². The number of carbonyl (C=O) groups is 2. The lowest BCUT2D eigenvalue weighted by Gasteiger charge is -2.11. The number of anilines is 3. The quantitative estimate of drug-likeness (QED) is 0.547. The van der Waals surface area contributed by atoms with E-state index in [4.69, 9.17) is 9.47 Å². The first-order valence-electron chi connectivity index (χ1n) is 8.94. The summed E-state index contributed by atoms with van der Waals surface area (Å²) in [5, 5.41) is 8.90. The van der Waals surface area contributed by atoms with E-state index in [1.54, 1.807) is 39.3 Å². The molecule has 152 valence electrons. The van der Waals surface area contributed by atoms with E-state index in [0.717, 1.165) is 15.8 Å². The van der Waals surface area contributed by atoms with Crippen LogP contribution in [0.3, 0.4) is 0 Å². The molecular weight excluding hydrogens is 392 g/mol. The number of rotatable bonds is 6. The van der Waals surface area contributed by atoms with Crippen LogP contribution in [-0.4, -0.2) is 31.1 Å². The fraction of sp³-hybridized carbons (Fsp3) is 0.250. The summed E-state index contributed by atoms with van der Waals surface area (Å²) >= 11 is 1.36. The normalized spacial score (nSPS) is 10.5. The number of hydrogen-bond donors (Lipinski definition) is 3. The molecule has 8 nitrogen and oxygen atoms in total. The molecule has 0 fully saturated rings. The molecule has 3 N–H and O–H groups in total.